The first-order valence-electron chi connectivity index (χ1n) is 6.64. The molecule has 0 bridgehead atoms. The van der Waals surface area contributed by atoms with Gasteiger partial charge in [0.1, 0.15) is 4.88 Å². The number of nitrogens with zero attached hydrogens (tertiary/aromatic N) is 1. The van der Waals surface area contributed by atoms with Gasteiger partial charge in [-0.15, -0.1) is 23.1 Å². The number of esters is 1. The third kappa shape index (κ3) is 3.08. The van der Waals surface area contributed by atoms with E-state index < -0.39 is 0 Å². The molecule has 0 N–H and O–H groups in total. The van der Waals surface area contributed by atoms with E-state index in [2.05, 4.69) is 11.4 Å². The Morgan fingerprint density at radius 1 is 1.45 bits per heavy atom. The van der Waals surface area contributed by atoms with Crippen molar-refractivity contribution < 1.29 is 9.53 Å². The summed E-state index contributed by atoms with van der Waals surface area (Å²) in [6.07, 6.45) is 3.66. The van der Waals surface area contributed by atoms with E-state index in [1.807, 2.05) is 30.5 Å². The van der Waals surface area contributed by atoms with Crippen LogP contribution in [-0.4, -0.2) is 18.8 Å². The molecule has 0 spiro atoms. The largest absolute Gasteiger partial charge is 0.462 e. The molecule has 0 atom stereocenters. The monoisotopic (exact) mass is 329 g/mol. The minimum Gasteiger partial charge on any atom is -0.462 e. The summed E-state index contributed by atoms with van der Waals surface area (Å²) in [5.41, 5.74) is 3.02. The summed E-state index contributed by atoms with van der Waals surface area (Å²) in [5.74, 6) is -0.375. The van der Waals surface area contributed by atoms with Gasteiger partial charge in [0, 0.05) is 5.56 Å². The summed E-state index contributed by atoms with van der Waals surface area (Å²) in [6.45, 7) is 13.3. The lowest BCUT2D eigenvalue weighted by Crippen LogP contribution is -2.03. The molecule has 0 saturated heterocycles. The minimum atomic E-state index is -0.375. The van der Waals surface area contributed by atoms with Crippen LogP contribution < -0.4 is 0 Å². The van der Waals surface area contributed by atoms with Crippen molar-refractivity contribution in [3.8, 4) is 11.1 Å². The van der Waals surface area contributed by atoms with Gasteiger partial charge in [-0.05, 0) is 24.3 Å². The fourth-order valence-electron chi connectivity index (χ4n) is 2.04. The Kier molecular flexibility index (Phi) is 5.42. The summed E-state index contributed by atoms with van der Waals surface area (Å²) < 4.78 is 5.97. The maximum absolute atomic E-state index is 12.2. The zero-order valence-electron chi connectivity index (χ0n) is 12.4. The molecule has 1 aromatic carbocycles. The molecule has 112 valence electrons. The van der Waals surface area contributed by atoms with Crippen molar-refractivity contribution in [3.05, 3.63) is 52.7 Å². The average molecular weight is 329 g/mol. The van der Waals surface area contributed by atoms with Gasteiger partial charge >= 0.3 is 5.97 Å². The number of hydrogen-bond acceptors (Lipinski definition) is 4. The van der Waals surface area contributed by atoms with Gasteiger partial charge in [0.15, 0.2) is 0 Å². The van der Waals surface area contributed by atoms with Gasteiger partial charge in [-0.25, -0.2) is 9.64 Å². The number of rotatable bonds is 5. The highest BCUT2D eigenvalue weighted by Crippen LogP contribution is 2.47. The van der Waals surface area contributed by atoms with Crippen LogP contribution in [0.2, 0.25) is 0 Å². The summed E-state index contributed by atoms with van der Waals surface area (Å²) in [5, 5.41) is 0. The van der Waals surface area contributed by atoms with Gasteiger partial charge in [0.2, 0.25) is 5.69 Å². The van der Waals surface area contributed by atoms with Crippen molar-refractivity contribution in [3.63, 3.8) is 0 Å². The van der Waals surface area contributed by atoms with Crippen molar-refractivity contribution in [2.45, 2.75) is 11.1 Å². The van der Waals surface area contributed by atoms with Crippen LogP contribution in [0.3, 0.4) is 0 Å². The van der Waals surface area contributed by atoms with E-state index in [9.17, 15) is 4.79 Å². The fraction of sp³-hybridized carbons (Fsp3) is 0.176. The Morgan fingerprint density at radius 2 is 2.14 bits per heavy atom. The smallest absolute Gasteiger partial charge is 0.347 e. The van der Waals surface area contributed by atoms with Gasteiger partial charge in [-0.3, -0.25) is 0 Å². The molecule has 0 aliphatic carbocycles. The molecule has 2 aromatic rings. The van der Waals surface area contributed by atoms with E-state index in [-0.39, 0.29) is 5.97 Å². The topological polar surface area (TPSA) is 30.7 Å². The molecule has 0 aliphatic rings. The van der Waals surface area contributed by atoms with Crippen LogP contribution >= 0.6 is 23.1 Å². The average Bonchev–Trinajstić information content (AvgIpc) is 2.93. The second-order valence-electron chi connectivity index (χ2n) is 4.30. The van der Waals surface area contributed by atoms with Crippen molar-refractivity contribution in [2.75, 3.05) is 12.9 Å². The van der Waals surface area contributed by atoms with Crippen LogP contribution in [-0.2, 0) is 4.74 Å². The van der Waals surface area contributed by atoms with Crippen molar-refractivity contribution >= 4 is 40.8 Å². The molecule has 1 heterocycles. The van der Waals surface area contributed by atoms with Crippen LogP contribution in [0.4, 0.5) is 5.69 Å². The van der Waals surface area contributed by atoms with Crippen molar-refractivity contribution in [2.24, 2.45) is 0 Å². The van der Waals surface area contributed by atoms with Gasteiger partial charge < -0.3 is 4.74 Å². The van der Waals surface area contributed by atoms with Crippen LogP contribution in [0.1, 0.15) is 22.2 Å². The predicted molar refractivity (Wildman–Crippen MR) is 93.8 cm³/mol. The molecular weight excluding hydrogens is 314 g/mol. The Labute approximate surface area is 138 Å². The Bertz CT molecular complexity index is 739. The van der Waals surface area contributed by atoms with Crippen LogP contribution in [0, 0.1) is 6.57 Å². The molecule has 3 nitrogen and oxygen atoms in total. The highest BCUT2D eigenvalue weighted by atomic mass is 32.2. The molecule has 22 heavy (non-hydrogen) atoms. The molecule has 0 amide bonds. The third-order valence-corrected chi connectivity index (χ3v) is 5.31. The zero-order chi connectivity index (χ0) is 16.1. The molecule has 0 saturated carbocycles. The fourth-order valence-corrected chi connectivity index (χ4v) is 3.85. The summed E-state index contributed by atoms with van der Waals surface area (Å²) in [7, 11) is 0. The minimum absolute atomic E-state index is 0.313. The number of carbonyl (C=O) groups is 1. The molecular formula is C17H15NO2S2. The summed E-state index contributed by atoms with van der Waals surface area (Å²) >= 11 is 2.79. The van der Waals surface area contributed by atoms with E-state index in [4.69, 9.17) is 11.3 Å². The lowest BCUT2D eigenvalue weighted by Gasteiger charge is -2.06. The lowest BCUT2D eigenvalue weighted by molar-refractivity contribution is 0.0533. The Hall–Kier alpha value is -2.03. The van der Waals surface area contributed by atoms with Gasteiger partial charge in [0.25, 0.3) is 0 Å². The number of hydrogen-bond donors (Lipinski definition) is 0. The van der Waals surface area contributed by atoms with E-state index in [0.717, 1.165) is 15.3 Å². The second kappa shape index (κ2) is 7.30. The summed E-state index contributed by atoms with van der Waals surface area (Å²) in [6, 6.07) is 7.64. The zero-order valence-corrected chi connectivity index (χ0v) is 14.0. The third-order valence-electron chi connectivity index (χ3n) is 3.05. The first-order chi connectivity index (χ1) is 10.7. The number of ether oxygens (including phenoxy) is 1. The van der Waals surface area contributed by atoms with Crippen molar-refractivity contribution in [1.29, 1.82) is 0 Å². The molecule has 0 aliphatic heterocycles. The normalized spacial score (nSPS) is 10.0. The molecule has 0 fully saturated rings. The maximum Gasteiger partial charge on any atom is 0.347 e. The van der Waals surface area contributed by atoms with Gasteiger partial charge in [-0.1, -0.05) is 36.9 Å². The van der Waals surface area contributed by atoms with Crippen LogP contribution in [0.15, 0.2) is 35.1 Å². The highest BCUT2D eigenvalue weighted by molar-refractivity contribution is 8.00. The van der Waals surface area contributed by atoms with E-state index >= 15 is 0 Å². The number of carbonyl (C=O) groups excluding carboxylic acids is 1. The van der Waals surface area contributed by atoms with E-state index in [0.29, 0.717) is 22.7 Å². The first-order valence-corrected chi connectivity index (χ1v) is 8.68. The molecule has 1 aromatic heterocycles. The van der Waals surface area contributed by atoms with E-state index in [1.165, 1.54) is 23.1 Å². The van der Waals surface area contributed by atoms with Crippen LogP contribution in [0.5, 0.6) is 0 Å². The SMILES string of the molecule is [C-]#[N+]c1c(SC)sc(C(=O)OCC)c1-c1ccc(C=C)cc1. The van der Waals surface area contributed by atoms with Gasteiger partial charge in [0.05, 0.1) is 17.4 Å². The predicted octanol–water partition coefficient (Wildman–Crippen LogP) is 5.51. The number of thioether (sulfide) groups is 1. The Balaban J connectivity index is 2.64. The standard InChI is InChI=1S/C17H15NO2S2/c1-5-11-7-9-12(10-8-11)13-14(18-3)17(21-4)22-15(13)16(19)20-6-2/h5,7-10H,1,6H2,2,4H3. The molecule has 0 radical (unpaired) electrons. The van der Waals surface area contributed by atoms with Crippen LogP contribution in [0.25, 0.3) is 22.0 Å². The maximum atomic E-state index is 12.2. The second-order valence-corrected chi connectivity index (χ2v) is 6.40. The number of thiophene rings is 1. The quantitative estimate of drug-likeness (QED) is 0.412. The van der Waals surface area contributed by atoms with Gasteiger partial charge in [-0.2, -0.15) is 0 Å². The molecule has 2 rings (SSSR count). The number of benzene rings is 1. The highest BCUT2D eigenvalue weighted by Gasteiger charge is 2.24. The molecule has 0 unspecified atom stereocenters. The summed E-state index contributed by atoms with van der Waals surface area (Å²) in [4.78, 5) is 16.3. The molecule has 5 heteroatoms. The van der Waals surface area contributed by atoms with Crippen molar-refractivity contribution in [1.82, 2.24) is 0 Å². The first kappa shape index (κ1) is 16.3. The van der Waals surface area contributed by atoms with E-state index in [1.54, 1.807) is 13.0 Å². The lowest BCUT2D eigenvalue weighted by atomic mass is 10.0. The Morgan fingerprint density at radius 3 is 2.64 bits per heavy atom.